The molecule has 2 unspecified atom stereocenters. The summed E-state index contributed by atoms with van der Waals surface area (Å²) in [6, 6.07) is 8.37. The van der Waals surface area contributed by atoms with Gasteiger partial charge in [0.15, 0.2) is 0 Å². The van der Waals surface area contributed by atoms with Crippen LogP contribution in [0.3, 0.4) is 0 Å². The van der Waals surface area contributed by atoms with Crippen LogP contribution in [-0.2, 0) is 4.79 Å². The Morgan fingerprint density at radius 2 is 2.09 bits per heavy atom. The average molecular weight is 318 g/mol. The Labute approximate surface area is 139 Å². The van der Waals surface area contributed by atoms with Crippen molar-refractivity contribution in [2.24, 2.45) is 5.41 Å². The van der Waals surface area contributed by atoms with Gasteiger partial charge in [-0.2, -0.15) is 0 Å². The van der Waals surface area contributed by atoms with Crippen molar-refractivity contribution < 1.29 is 9.90 Å². The van der Waals surface area contributed by atoms with Gasteiger partial charge in [-0.15, -0.1) is 0 Å². The monoisotopic (exact) mass is 318 g/mol. The van der Waals surface area contributed by atoms with Crippen molar-refractivity contribution in [3.63, 3.8) is 0 Å². The number of nitrogens with one attached hydrogen (secondary N) is 1. The summed E-state index contributed by atoms with van der Waals surface area (Å²) >= 11 is 0. The van der Waals surface area contributed by atoms with Crippen LogP contribution in [0.1, 0.15) is 58.6 Å². The van der Waals surface area contributed by atoms with Crippen LogP contribution < -0.4 is 10.2 Å². The van der Waals surface area contributed by atoms with Crippen molar-refractivity contribution in [1.29, 1.82) is 0 Å². The molecule has 0 spiro atoms. The van der Waals surface area contributed by atoms with E-state index in [-0.39, 0.29) is 30.0 Å². The number of benzene rings is 1. The molecule has 0 bridgehead atoms. The van der Waals surface area contributed by atoms with Crippen molar-refractivity contribution in [3.05, 3.63) is 29.8 Å². The first-order valence-electron chi connectivity index (χ1n) is 8.57. The van der Waals surface area contributed by atoms with E-state index >= 15 is 0 Å². The third kappa shape index (κ3) is 5.05. The Hall–Kier alpha value is -1.39. The fourth-order valence-corrected chi connectivity index (χ4v) is 3.25. The first kappa shape index (κ1) is 18.0. The molecular formula is C19H30N2O2. The maximum absolute atomic E-state index is 11.9. The molecule has 2 atom stereocenters. The number of carbonyl (C=O) groups is 1. The number of amides is 1. The van der Waals surface area contributed by atoms with E-state index in [1.807, 2.05) is 17.0 Å². The van der Waals surface area contributed by atoms with E-state index in [1.54, 1.807) is 0 Å². The fraction of sp³-hybridized carbons (Fsp3) is 0.632. The second-order valence-corrected chi connectivity index (χ2v) is 7.78. The molecule has 1 aromatic carbocycles. The number of nitrogens with zero attached hydrogens (tertiary/aromatic N) is 1. The molecule has 0 radical (unpaired) electrons. The molecule has 0 aromatic heterocycles. The summed E-state index contributed by atoms with van der Waals surface area (Å²) in [5.74, 6) is 0.212. The molecule has 2 rings (SSSR count). The Morgan fingerprint density at radius 3 is 2.65 bits per heavy atom. The predicted octanol–water partition coefficient (Wildman–Crippen LogP) is 3.26. The van der Waals surface area contributed by atoms with E-state index in [2.05, 4.69) is 45.1 Å². The highest BCUT2D eigenvalue weighted by atomic mass is 16.3. The van der Waals surface area contributed by atoms with Gasteiger partial charge in [-0.05, 0) is 42.9 Å². The Kier molecular flexibility index (Phi) is 5.82. The SMILES string of the molecule is CC(NC(CO)CC(C)(C)C)c1cccc(N2CCCC2=O)c1. The third-order valence-corrected chi connectivity index (χ3v) is 4.32. The Bertz CT molecular complexity index is 536. The van der Waals surface area contributed by atoms with E-state index in [4.69, 9.17) is 0 Å². The molecule has 1 saturated heterocycles. The molecule has 1 fully saturated rings. The molecule has 2 N–H and O–H groups in total. The largest absolute Gasteiger partial charge is 0.395 e. The second kappa shape index (κ2) is 7.45. The summed E-state index contributed by atoms with van der Waals surface area (Å²) in [6.07, 6.45) is 2.50. The lowest BCUT2D eigenvalue weighted by Crippen LogP contribution is -2.37. The van der Waals surface area contributed by atoms with Crippen molar-refractivity contribution >= 4 is 11.6 Å². The molecule has 4 heteroatoms. The Balaban J connectivity index is 2.07. The van der Waals surface area contributed by atoms with Crippen LogP contribution in [0.4, 0.5) is 5.69 Å². The van der Waals surface area contributed by atoms with E-state index < -0.39 is 0 Å². The standard InChI is InChI=1S/C19H30N2O2/c1-14(20-16(13-22)12-19(2,3)4)15-7-5-8-17(11-15)21-10-6-9-18(21)23/h5,7-8,11,14,16,20,22H,6,9-10,12-13H2,1-4H3. The van der Waals surface area contributed by atoms with Crippen molar-refractivity contribution in [1.82, 2.24) is 5.32 Å². The molecule has 23 heavy (non-hydrogen) atoms. The molecule has 0 aliphatic carbocycles. The van der Waals surface area contributed by atoms with Gasteiger partial charge in [0.1, 0.15) is 0 Å². The fourth-order valence-electron chi connectivity index (χ4n) is 3.25. The van der Waals surface area contributed by atoms with Gasteiger partial charge in [0, 0.05) is 30.7 Å². The average Bonchev–Trinajstić information content (AvgIpc) is 2.91. The van der Waals surface area contributed by atoms with Crippen LogP contribution in [0.25, 0.3) is 0 Å². The molecular weight excluding hydrogens is 288 g/mol. The number of hydrogen-bond donors (Lipinski definition) is 2. The number of anilines is 1. The number of aliphatic hydroxyl groups is 1. The van der Waals surface area contributed by atoms with Gasteiger partial charge in [-0.3, -0.25) is 4.79 Å². The summed E-state index contributed by atoms with van der Waals surface area (Å²) < 4.78 is 0. The van der Waals surface area contributed by atoms with Crippen LogP contribution in [-0.4, -0.2) is 30.2 Å². The number of carbonyl (C=O) groups excluding carboxylic acids is 1. The van der Waals surface area contributed by atoms with E-state index in [9.17, 15) is 9.90 Å². The summed E-state index contributed by atoms with van der Waals surface area (Å²) in [7, 11) is 0. The van der Waals surface area contributed by atoms with Crippen molar-refractivity contribution in [3.8, 4) is 0 Å². The topological polar surface area (TPSA) is 52.6 Å². The number of rotatable bonds is 6. The van der Waals surface area contributed by atoms with Crippen molar-refractivity contribution in [2.45, 2.75) is 59.0 Å². The lowest BCUT2D eigenvalue weighted by atomic mass is 9.88. The molecule has 128 valence electrons. The van der Waals surface area contributed by atoms with Gasteiger partial charge in [0.2, 0.25) is 5.91 Å². The molecule has 1 aliphatic rings. The minimum Gasteiger partial charge on any atom is -0.395 e. The van der Waals surface area contributed by atoms with Crippen LogP contribution in [0.2, 0.25) is 0 Å². The normalized spacial score (nSPS) is 18.3. The van der Waals surface area contributed by atoms with E-state index in [0.717, 1.165) is 30.6 Å². The van der Waals surface area contributed by atoms with Gasteiger partial charge < -0.3 is 15.3 Å². The van der Waals surface area contributed by atoms with Crippen LogP contribution in [0.15, 0.2) is 24.3 Å². The first-order valence-corrected chi connectivity index (χ1v) is 8.57. The van der Waals surface area contributed by atoms with Crippen molar-refractivity contribution in [2.75, 3.05) is 18.1 Å². The third-order valence-electron chi connectivity index (χ3n) is 4.32. The highest BCUT2D eigenvalue weighted by Crippen LogP contribution is 2.26. The lowest BCUT2D eigenvalue weighted by molar-refractivity contribution is -0.117. The first-order chi connectivity index (χ1) is 10.8. The van der Waals surface area contributed by atoms with Gasteiger partial charge in [0.05, 0.1) is 6.61 Å². The zero-order valence-corrected chi connectivity index (χ0v) is 14.8. The summed E-state index contributed by atoms with van der Waals surface area (Å²) in [5.41, 5.74) is 2.30. The van der Waals surface area contributed by atoms with Crippen LogP contribution >= 0.6 is 0 Å². The second-order valence-electron chi connectivity index (χ2n) is 7.78. The van der Waals surface area contributed by atoms with Crippen LogP contribution in [0.5, 0.6) is 0 Å². The van der Waals surface area contributed by atoms with Gasteiger partial charge in [-0.25, -0.2) is 0 Å². The highest BCUT2D eigenvalue weighted by Gasteiger charge is 2.23. The summed E-state index contributed by atoms with van der Waals surface area (Å²) in [5, 5.41) is 13.1. The minimum absolute atomic E-state index is 0.0714. The smallest absolute Gasteiger partial charge is 0.227 e. The zero-order valence-electron chi connectivity index (χ0n) is 14.8. The zero-order chi connectivity index (χ0) is 17.0. The molecule has 0 saturated carbocycles. The minimum atomic E-state index is 0.0714. The molecule has 1 heterocycles. The van der Waals surface area contributed by atoms with E-state index in [0.29, 0.717) is 6.42 Å². The molecule has 1 aromatic rings. The quantitative estimate of drug-likeness (QED) is 0.846. The lowest BCUT2D eigenvalue weighted by Gasteiger charge is -2.28. The molecule has 1 aliphatic heterocycles. The number of aliphatic hydroxyl groups excluding tert-OH is 1. The Morgan fingerprint density at radius 1 is 1.35 bits per heavy atom. The predicted molar refractivity (Wildman–Crippen MR) is 94.5 cm³/mol. The number of hydrogen-bond acceptors (Lipinski definition) is 3. The summed E-state index contributed by atoms with van der Waals surface area (Å²) in [6.45, 7) is 9.60. The van der Waals surface area contributed by atoms with E-state index in [1.165, 1.54) is 0 Å². The summed E-state index contributed by atoms with van der Waals surface area (Å²) in [4.78, 5) is 13.8. The molecule has 1 amide bonds. The maximum Gasteiger partial charge on any atom is 0.227 e. The highest BCUT2D eigenvalue weighted by molar-refractivity contribution is 5.95. The maximum atomic E-state index is 11.9. The van der Waals surface area contributed by atoms with Crippen LogP contribution in [0, 0.1) is 5.41 Å². The van der Waals surface area contributed by atoms with Gasteiger partial charge >= 0.3 is 0 Å². The molecule has 4 nitrogen and oxygen atoms in total. The van der Waals surface area contributed by atoms with Gasteiger partial charge in [0.25, 0.3) is 0 Å². The van der Waals surface area contributed by atoms with Gasteiger partial charge in [-0.1, -0.05) is 32.9 Å².